The zero-order valence-electron chi connectivity index (χ0n) is 17.9. The number of benzene rings is 1. The van der Waals surface area contributed by atoms with Gasteiger partial charge in [-0.15, -0.1) is 10.2 Å². The lowest BCUT2D eigenvalue weighted by Gasteiger charge is -2.35. The van der Waals surface area contributed by atoms with E-state index in [1.54, 1.807) is 12.1 Å². The van der Waals surface area contributed by atoms with Crippen molar-refractivity contribution in [3.05, 3.63) is 47.3 Å². The number of carbonyl (C=O) groups is 1. The van der Waals surface area contributed by atoms with Crippen molar-refractivity contribution in [1.82, 2.24) is 20.4 Å². The molecule has 1 amide bonds. The number of rotatable bonds is 7. The summed E-state index contributed by atoms with van der Waals surface area (Å²) in [6, 6.07) is 6.03. The molecule has 2 fully saturated rings. The van der Waals surface area contributed by atoms with Crippen molar-refractivity contribution >= 4 is 11.9 Å². The zero-order valence-corrected chi connectivity index (χ0v) is 17.9. The van der Waals surface area contributed by atoms with Crippen LogP contribution in [0.25, 0.3) is 0 Å². The number of halogens is 4. The maximum Gasteiger partial charge on any atom is 0.416 e. The lowest BCUT2D eigenvalue weighted by molar-refractivity contribution is -0.138. The number of alkyl halides is 3. The second kappa shape index (κ2) is 9.90. The number of anilines is 1. The highest BCUT2D eigenvalue weighted by Crippen LogP contribution is 2.33. The Labute approximate surface area is 188 Å². The van der Waals surface area contributed by atoms with Gasteiger partial charge in [0.2, 0.25) is 5.88 Å². The van der Waals surface area contributed by atoms with E-state index in [4.69, 9.17) is 4.74 Å². The minimum atomic E-state index is -4.60. The summed E-state index contributed by atoms with van der Waals surface area (Å²) in [6.45, 7) is 2.76. The molecule has 2 aliphatic rings. The summed E-state index contributed by atoms with van der Waals surface area (Å²) in [5, 5.41) is 10.7. The van der Waals surface area contributed by atoms with Gasteiger partial charge in [0.25, 0.3) is 0 Å². The normalized spacial score (nSPS) is 17.2. The molecule has 4 rings (SSSR count). The van der Waals surface area contributed by atoms with Crippen LogP contribution in [0.2, 0.25) is 0 Å². The van der Waals surface area contributed by atoms with E-state index in [2.05, 4.69) is 15.5 Å². The topological polar surface area (TPSA) is 70.6 Å². The van der Waals surface area contributed by atoms with Crippen molar-refractivity contribution < 1.29 is 27.1 Å². The molecule has 1 N–H and O–H groups in total. The van der Waals surface area contributed by atoms with E-state index in [0.29, 0.717) is 50.5 Å². The van der Waals surface area contributed by atoms with Gasteiger partial charge in [-0.25, -0.2) is 9.18 Å². The molecule has 0 radical (unpaired) electrons. The van der Waals surface area contributed by atoms with E-state index < -0.39 is 23.7 Å². The van der Waals surface area contributed by atoms with E-state index in [1.807, 2.05) is 9.80 Å². The molecule has 2 heterocycles. The van der Waals surface area contributed by atoms with Crippen LogP contribution < -0.4 is 15.0 Å². The van der Waals surface area contributed by atoms with Crippen LogP contribution in [0.3, 0.4) is 0 Å². The fraction of sp³-hybridized carbons (Fsp3) is 0.500. The monoisotopic (exact) mass is 467 g/mol. The molecule has 0 bridgehead atoms. The van der Waals surface area contributed by atoms with Crippen LogP contribution in [0.15, 0.2) is 30.3 Å². The van der Waals surface area contributed by atoms with Crippen LogP contribution in [0.4, 0.5) is 28.2 Å². The Bertz CT molecular complexity index is 958. The molecule has 0 unspecified atom stereocenters. The van der Waals surface area contributed by atoms with Gasteiger partial charge in [0.15, 0.2) is 5.82 Å². The Hall–Kier alpha value is -2.95. The van der Waals surface area contributed by atoms with Crippen LogP contribution in [0, 0.1) is 11.7 Å². The molecule has 1 aliphatic heterocycles. The quantitative estimate of drug-likeness (QED) is 0.624. The standard InChI is InChI=1S/C22H25F4N5O2/c23-17-4-3-16(18(13-17)22(24,25)26)14-30-9-11-31(12-10-30)19-5-6-20(29-28-19)33-21(32)27-8-7-15-1-2-15/h3-6,13,15H,1-2,7-12,14H2,(H,27,32). The van der Waals surface area contributed by atoms with E-state index in [9.17, 15) is 22.4 Å². The highest BCUT2D eigenvalue weighted by Gasteiger charge is 2.34. The maximum absolute atomic E-state index is 13.3. The van der Waals surface area contributed by atoms with Crippen molar-refractivity contribution in [2.24, 2.45) is 5.92 Å². The average Bonchev–Trinajstić information content (AvgIpc) is 3.60. The summed E-state index contributed by atoms with van der Waals surface area (Å²) in [5.74, 6) is 0.496. The fourth-order valence-corrected chi connectivity index (χ4v) is 3.78. The first-order valence-electron chi connectivity index (χ1n) is 10.9. The lowest BCUT2D eigenvalue weighted by Crippen LogP contribution is -2.46. The Morgan fingerprint density at radius 2 is 1.85 bits per heavy atom. The third-order valence-corrected chi connectivity index (χ3v) is 5.81. The summed E-state index contributed by atoms with van der Waals surface area (Å²) >= 11 is 0. The summed E-state index contributed by atoms with van der Waals surface area (Å²) in [5.41, 5.74) is -0.892. The van der Waals surface area contributed by atoms with Gasteiger partial charge in [-0.3, -0.25) is 4.90 Å². The first-order valence-corrected chi connectivity index (χ1v) is 10.9. The summed E-state index contributed by atoms with van der Waals surface area (Å²) < 4.78 is 58.1. The number of hydrogen-bond acceptors (Lipinski definition) is 6. The van der Waals surface area contributed by atoms with Crippen molar-refractivity contribution in [2.75, 3.05) is 37.6 Å². The first-order chi connectivity index (χ1) is 15.8. The molecule has 1 aromatic heterocycles. The molecular formula is C22H25F4N5O2. The van der Waals surface area contributed by atoms with Crippen LogP contribution >= 0.6 is 0 Å². The number of nitrogens with zero attached hydrogens (tertiary/aromatic N) is 4. The Morgan fingerprint density at radius 1 is 1.09 bits per heavy atom. The molecule has 1 aliphatic carbocycles. The average molecular weight is 467 g/mol. The van der Waals surface area contributed by atoms with Crippen molar-refractivity contribution in [1.29, 1.82) is 0 Å². The predicted molar refractivity (Wildman–Crippen MR) is 112 cm³/mol. The van der Waals surface area contributed by atoms with Gasteiger partial charge in [-0.05, 0) is 36.1 Å². The zero-order chi connectivity index (χ0) is 23.4. The Balaban J connectivity index is 1.26. The fourth-order valence-electron chi connectivity index (χ4n) is 3.78. The highest BCUT2D eigenvalue weighted by molar-refractivity contribution is 5.69. The van der Waals surface area contributed by atoms with Crippen molar-refractivity contribution in [2.45, 2.75) is 32.0 Å². The summed E-state index contributed by atoms with van der Waals surface area (Å²) in [4.78, 5) is 15.6. The summed E-state index contributed by atoms with van der Waals surface area (Å²) in [6.07, 6.45) is -1.78. The lowest BCUT2D eigenvalue weighted by atomic mass is 10.1. The molecule has 0 atom stereocenters. The smallest absolute Gasteiger partial charge is 0.390 e. The number of nitrogens with one attached hydrogen (secondary N) is 1. The Kier molecular flexibility index (Phi) is 6.96. The van der Waals surface area contributed by atoms with E-state index in [0.717, 1.165) is 12.5 Å². The molecule has 1 saturated heterocycles. The second-order valence-electron chi connectivity index (χ2n) is 8.34. The van der Waals surface area contributed by atoms with Gasteiger partial charge in [-0.1, -0.05) is 18.9 Å². The van der Waals surface area contributed by atoms with Crippen LogP contribution in [0.5, 0.6) is 5.88 Å². The molecule has 7 nitrogen and oxygen atoms in total. The van der Waals surface area contributed by atoms with Gasteiger partial charge in [0, 0.05) is 45.3 Å². The van der Waals surface area contributed by atoms with E-state index in [1.165, 1.54) is 18.9 Å². The van der Waals surface area contributed by atoms with Crippen molar-refractivity contribution in [3.63, 3.8) is 0 Å². The minimum absolute atomic E-state index is 0.0500. The first kappa shape index (κ1) is 23.2. The molecular weight excluding hydrogens is 442 g/mol. The van der Waals surface area contributed by atoms with E-state index in [-0.39, 0.29) is 18.0 Å². The molecule has 178 valence electrons. The maximum atomic E-state index is 13.3. The van der Waals surface area contributed by atoms with Gasteiger partial charge < -0.3 is 15.0 Å². The van der Waals surface area contributed by atoms with Crippen LogP contribution in [-0.2, 0) is 12.7 Å². The van der Waals surface area contributed by atoms with Crippen molar-refractivity contribution in [3.8, 4) is 5.88 Å². The predicted octanol–water partition coefficient (Wildman–Crippen LogP) is 3.85. The van der Waals surface area contributed by atoms with Crippen LogP contribution in [-0.4, -0.2) is 53.9 Å². The van der Waals surface area contributed by atoms with Gasteiger partial charge in [-0.2, -0.15) is 13.2 Å². The molecule has 1 aromatic carbocycles. The number of ether oxygens (including phenoxy) is 1. The largest absolute Gasteiger partial charge is 0.416 e. The molecule has 33 heavy (non-hydrogen) atoms. The summed E-state index contributed by atoms with van der Waals surface area (Å²) in [7, 11) is 0. The molecule has 0 spiro atoms. The van der Waals surface area contributed by atoms with Gasteiger partial charge >= 0.3 is 12.3 Å². The third kappa shape index (κ3) is 6.53. The second-order valence-corrected chi connectivity index (χ2v) is 8.34. The highest BCUT2D eigenvalue weighted by atomic mass is 19.4. The number of hydrogen-bond donors (Lipinski definition) is 1. The molecule has 1 saturated carbocycles. The number of piperazine rings is 1. The van der Waals surface area contributed by atoms with Crippen LogP contribution in [0.1, 0.15) is 30.4 Å². The number of amides is 1. The van der Waals surface area contributed by atoms with Gasteiger partial charge in [0.1, 0.15) is 5.82 Å². The van der Waals surface area contributed by atoms with Gasteiger partial charge in [0.05, 0.1) is 5.56 Å². The SMILES string of the molecule is O=C(NCCC1CC1)Oc1ccc(N2CCN(Cc3ccc(F)cc3C(F)(F)F)CC2)nn1. The minimum Gasteiger partial charge on any atom is -0.390 e. The molecule has 11 heteroatoms. The number of aromatic nitrogens is 2. The number of carbonyl (C=O) groups excluding carboxylic acids is 1. The Morgan fingerprint density at radius 3 is 2.48 bits per heavy atom. The molecule has 2 aromatic rings. The van der Waals surface area contributed by atoms with E-state index >= 15 is 0 Å². The third-order valence-electron chi connectivity index (χ3n) is 5.81.